The zero-order valence-electron chi connectivity index (χ0n) is 10.8. The maximum absolute atomic E-state index is 3.47. The van der Waals surface area contributed by atoms with Gasteiger partial charge in [-0.2, -0.15) is 0 Å². The summed E-state index contributed by atoms with van der Waals surface area (Å²) in [6.45, 7) is 10.5. The van der Waals surface area contributed by atoms with Crippen molar-refractivity contribution in [3.8, 4) is 0 Å². The summed E-state index contributed by atoms with van der Waals surface area (Å²) in [4.78, 5) is 2.65. The predicted octanol–water partition coefficient (Wildman–Crippen LogP) is 2.64. The molecule has 2 nitrogen and oxygen atoms in total. The molecule has 0 spiro atoms. The van der Waals surface area contributed by atoms with Crippen LogP contribution in [0.25, 0.3) is 0 Å². The van der Waals surface area contributed by atoms with Gasteiger partial charge in [-0.15, -0.1) is 0 Å². The fourth-order valence-corrected chi connectivity index (χ4v) is 2.05. The van der Waals surface area contributed by atoms with Crippen LogP contribution in [0, 0.1) is 0 Å². The van der Waals surface area contributed by atoms with Crippen LogP contribution in [-0.4, -0.2) is 36.6 Å². The highest BCUT2D eigenvalue weighted by Crippen LogP contribution is 2.26. The third-order valence-electron chi connectivity index (χ3n) is 3.14. The summed E-state index contributed by atoms with van der Waals surface area (Å²) in [5.74, 6) is 0. The maximum Gasteiger partial charge on any atom is 0.00963 e. The number of nitrogens with zero attached hydrogens (tertiary/aromatic N) is 1. The molecule has 0 aromatic carbocycles. The zero-order valence-corrected chi connectivity index (χ0v) is 10.8. The van der Waals surface area contributed by atoms with Gasteiger partial charge >= 0.3 is 0 Å². The largest absolute Gasteiger partial charge is 0.315 e. The molecule has 0 aromatic heterocycles. The molecule has 2 heteroatoms. The van der Waals surface area contributed by atoms with E-state index in [1.54, 1.807) is 0 Å². The average Bonchev–Trinajstić information content (AvgIpc) is 3.00. The molecule has 1 rings (SSSR count). The minimum absolute atomic E-state index is 0.642. The first-order valence-corrected chi connectivity index (χ1v) is 6.71. The molecule has 0 aliphatic heterocycles. The summed E-state index contributed by atoms with van der Waals surface area (Å²) < 4.78 is 0. The van der Waals surface area contributed by atoms with E-state index in [0.717, 1.165) is 6.04 Å². The molecule has 0 aromatic rings. The third kappa shape index (κ3) is 6.16. The van der Waals surface area contributed by atoms with E-state index < -0.39 is 0 Å². The van der Waals surface area contributed by atoms with Gasteiger partial charge in [0, 0.05) is 12.1 Å². The van der Waals surface area contributed by atoms with Crippen molar-refractivity contribution in [1.29, 1.82) is 0 Å². The van der Waals surface area contributed by atoms with Gasteiger partial charge in [-0.25, -0.2) is 0 Å². The third-order valence-corrected chi connectivity index (χ3v) is 3.14. The summed E-state index contributed by atoms with van der Waals surface area (Å²) >= 11 is 0. The molecule has 1 fully saturated rings. The second kappa shape index (κ2) is 7.24. The topological polar surface area (TPSA) is 15.3 Å². The predicted molar refractivity (Wildman–Crippen MR) is 67.3 cm³/mol. The van der Waals surface area contributed by atoms with E-state index >= 15 is 0 Å². The number of hydrogen-bond acceptors (Lipinski definition) is 2. The van der Waals surface area contributed by atoms with E-state index in [1.807, 2.05) is 0 Å². The van der Waals surface area contributed by atoms with Crippen LogP contribution in [0.3, 0.4) is 0 Å². The van der Waals surface area contributed by atoms with Crippen molar-refractivity contribution in [1.82, 2.24) is 10.2 Å². The van der Waals surface area contributed by atoms with Crippen LogP contribution in [0.5, 0.6) is 0 Å². The highest BCUT2D eigenvalue weighted by atomic mass is 15.2. The molecule has 0 atom stereocenters. The van der Waals surface area contributed by atoms with Gasteiger partial charge in [0.25, 0.3) is 0 Å². The lowest BCUT2D eigenvalue weighted by atomic mass is 10.2. The number of hydrogen-bond donors (Lipinski definition) is 1. The van der Waals surface area contributed by atoms with Gasteiger partial charge in [-0.05, 0) is 45.3 Å². The fourth-order valence-electron chi connectivity index (χ4n) is 2.05. The normalized spacial score (nSPS) is 16.6. The van der Waals surface area contributed by atoms with E-state index in [4.69, 9.17) is 0 Å². The molecular weight excluding hydrogens is 184 g/mol. The Kier molecular flexibility index (Phi) is 6.26. The van der Waals surface area contributed by atoms with Crippen molar-refractivity contribution in [3.63, 3.8) is 0 Å². The number of rotatable bonds is 9. The molecule has 1 aliphatic carbocycles. The Morgan fingerprint density at radius 3 is 2.47 bits per heavy atom. The van der Waals surface area contributed by atoms with Gasteiger partial charge in [0.05, 0.1) is 0 Å². The van der Waals surface area contributed by atoms with Crippen LogP contribution in [0.1, 0.15) is 52.9 Å². The van der Waals surface area contributed by atoms with Crippen molar-refractivity contribution in [2.45, 2.75) is 65.0 Å². The van der Waals surface area contributed by atoms with Gasteiger partial charge in [0.2, 0.25) is 0 Å². The van der Waals surface area contributed by atoms with Crippen LogP contribution in [0.15, 0.2) is 0 Å². The summed E-state index contributed by atoms with van der Waals surface area (Å²) in [6.07, 6.45) is 6.99. The maximum atomic E-state index is 3.47. The van der Waals surface area contributed by atoms with Crippen molar-refractivity contribution in [2.75, 3.05) is 19.6 Å². The zero-order chi connectivity index (χ0) is 11.1. The Labute approximate surface area is 95.4 Å². The smallest absolute Gasteiger partial charge is 0.00963 e. The van der Waals surface area contributed by atoms with E-state index in [0.29, 0.717) is 6.04 Å². The number of unbranched alkanes of at least 4 members (excludes halogenated alkanes) is 2. The Bertz CT molecular complexity index is 153. The van der Waals surface area contributed by atoms with E-state index in [1.165, 1.54) is 51.7 Å². The molecule has 0 bridgehead atoms. The van der Waals surface area contributed by atoms with Gasteiger partial charge < -0.3 is 10.2 Å². The highest BCUT2D eigenvalue weighted by molar-refractivity contribution is 4.83. The van der Waals surface area contributed by atoms with Crippen LogP contribution in [0.4, 0.5) is 0 Å². The molecule has 0 unspecified atom stereocenters. The minimum Gasteiger partial charge on any atom is -0.315 e. The summed E-state index contributed by atoms with van der Waals surface area (Å²) in [5.41, 5.74) is 0. The van der Waals surface area contributed by atoms with Gasteiger partial charge in [-0.1, -0.05) is 27.2 Å². The van der Waals surface area contributed by atoms with Crippen molar-refractivity contribution < 1.29 is 0 Å². The van der Waals surface area contributed by atoms with Gasteiger partial charge in [0.15, 0.2) is 0 Å². The van der Waals surface area contributed by atoms with Crippen LogP contribution < -0.4 is 5.32 Å². The Hall–Kier alpha value is -0.0800. The molecule has 0 radical (unpaired) electrons. The quantitative estimate of drug-likeness (QED) is 0.591. The van der Waals surface area contributed by atoms with Crippen molar-refractivity contribution >= 4 is 0 Å². The molecule has 1 saturated carbocycles. The van der Waals surface area contributed by atoms with E-state index in [-0.39, 0.29) is 0 Å². The minimum atomic E-state index is 0.642. The first-order chi connectivity index (χ1) is 7.24. The second-order valence-electron chi connectivity index (χ2n) is 5.03. The molecule has 15 heavy (non-hydrogen) atoms. The second-order valence-corrected chi connectivity index (χ2v) is 5.03. The Balaban J connectivity index is 1.87. The fraction of sp³-hybridized carbons (Fsp3) is 1.00. The Morgan fingerprint density at radius 1 is 1.20 bits per heavy atom. The summed E-state index contributed by atoms with van der Waals surface area (Å²) in [7, 11) is 0. The summed E-state index contributed by atoms with van der Waals surface area (Å²) in [5, 5.41) is 3.47. The van der Waals surface area contributed by atoms with Crippen LogP contribution in [0.2, 0.25) is 0 Å². The highest BCUT2D eigenvalue weighted by Gasteiger charge is 2.26. The lowest BCUT2D eigenvalue weighted by Crippen LogP contribution is -2.27. The van der Waals surface area contributed by atoms with E-state index in [9.17, 15) is 0 Å². The summed E-state index contributed by atoms with van der Waals surface area (Å²) in [6, 6.07) is 1.59. The van der Waals surface area contributed by atoms with Gasteiger partial charge in [0.1, 0.15) is 0 Å². The molecule has 0 saturated heterocycles. The average molecular weight is 212 g/mol. The number of nitrogens with one attached hydrogen (secondary N) is 1. The van der Waals surface area contributed by atoms with E-state index in [2.05, 4.69) is 31.0 Å². The van der Waals surface area contributed by atoms with Gasteiger partial charge in [-0.3, -0.25) is 0 Å². The Morgan fingerprint density at radius 2 is 1.93 bits per heavy atom. The monoisotopic (exact) mass is 212 g/mol. The molecule has 1 N–H and O–H groups in total. The lowest BCUT2D eigenvalue weighted by molar-refractivity contribution is 0.270. The molecule has 90 valence electrons. The lowest BCUT2D eigenvalue weighted by Gasteiger charge is -2.19. The van der Waals surface area contributed by atoms with Crippen molar-refractivity contribution in [3.05, 3.63) is 0 Å². The first kappa shape index (κ1) is 13.0. The van der Waals surface area contributed by atoms with Crippen molar-refractivity contribution in [2.24, 2.45) is 0 Å². The first-order valence-electron chi connectivity index (χ1n) is 6.71. The van der Waals surface area contributed by atoms with Crippen LogP contribution in [-0.2, 0) is 0 Å². The molecule has 1 aliphatic rings. The molecule has 0 heterocycles. The molecular formula is C13H28N2. The SMILES string of the molecule is CCN(CCCCCNC(C)C)C1CC1. The standard InChI is InChI=1S/C13H28N2/c1-4-15(13-8-9-13)11-7-5-6-10-14-12(2)3/h12-14H,4-11H2,1-3H3. The molecule has 0 amide bonds. The van der Waals surface area contributed by atoms with Crippen LogP contribution >= 0.6 is 0 Å².